The van der Waals surface area contributed by atoms with Crippen molar-refractivity contribution >= 4 is 5.91 Å². The van der Waals surface area contributed by atoms with Crippen molar-refractivity contribution in [2.75, 3.05) is 13.2 Å². The molecule has 2 aliphatic rings. The average Bonchev–Trinajstić information content (AvgIpc) is 3.16. The number of hydroxylamine groups is 1. The number of rotatable bonds is 4. The van der Waals surface area contributed by atoms with Gasteiger partial charge in [0.05, 0.1) is 12.2 Å². The van der Waals surface area contributed by atoms with E-state index in [2.05, 4.69) is 10.5 Å². The van der Waals surface area contributed by atoms with Crippen LogP contribution in [-0.2, 0) is 19.1 Å². The summed E-state index contributed by atoms with van der Waals surface area (Å²) >= 11 is 0. The van der Waals surface area contributed by atoms with E-state index < -0.39 is 6.10 Å². The van der Waals surface area contributed by atoms with Gasteiger partial charge in [-0.15, -0.1) is 0 Å². The predicted octanol–water partition coefficient (Wildman–Crippen LogP) is 1.53. The molecule has 0 aliphatic carbocycles. The van der Waals surface area contributed by atoms with Gasteiger partial charge in [0.2, 0.25) is 0 Å². The fraction of sp³-hybridized carbons (Fsp3) is 0.600. The maximum absolute atomic E-state index is 12.1. The van der Waals surface area contributed by atoms with Crippen LogP contribution in [0.25, 0.3) is 0 Å². The summed E-state index contributed by atoms with van der Waals surface area (Å²) in [5.41, 5.74) is 3.21. The number of nitrogens with zero attached hydrogens (tertiary/aromatic N) is 1. The lowest BCUT2D eigenvalue weighted by atomic mass is 9.99. The van der Waals surface area contributed by atoms with Crippen molar-refractivity contribution in [3.63, 3.8) is 0 Å². The molecular formula is C15H20N2O4. The van der Waals surface area contributed by atoms with Crippen molar-refractivity contribution in [3.05, 3.63) is 30.1 Å². The lowest BCUT2D eigenvalue weighted by Crippen LogP contribution is -2.38. The number of pyridine rings is 1. The summed E-state index contributed by atoms with van der Waals surface area (Å²) in [5.74, 6) is -0.223. The van der Waals surface area contributed by atoms with Crippen LogP contribution in [-0.4, -0.2) is 35.8 Å². The van der Waals surface area contributed by atoms with E-state index in [1.54, 1.807) is 12.4 Å². The average molecular weight is 292 g/mol. The minimum Gasteiger partial charge on any atom is -0.378 e. The van der Waals surface area contributed by atoms with E-state index in [0.717, 1.165) is 18.4 Å². The van der Waals surface area contributed by atoms with Gasteiger partial charge in [0.15, 0.2) is 0 Å². The van der Waals surface area contributed by atoms with Crippen molar-refractivity contribution in [2.45, 2.75) is 44.0 Å². The highest BCUT2D eigenvalue weighted by atomic mass is 16.7. The van der Waals surface area contributed by atoms with Crippen molar-refractivity contribution in [2.24, 2.45) is 0 Å². The molecule has 1 spiro atoms. The third kappa shape index (κ3) is 3.23. The topological polar surface area (TPSA) is 69.7 Å². The second-order valence-electron chi connectivity index (χ2n) is 5.64. The van der Waals surface area contributed by atoms with Crippen LogP contribution in [0.5, 0.6) is 0 Å². The molecule has 2 fully saturated rings. The number of hydrogen-bond acceptors (Lipinski definition) is 5. The first-order valence-electron chi connectivity index (χ1n) is 7.30. The number of carbonyl (C=O) groups is 1. The van der Waals surface area contributed by atoms with E-state index in [1.165, 1.54) is 0 Å². The van der Waals surface area contributed by atoms with E-state index in [9.17, 15) is 4.79 Å². The monoisotopic (exact) mass is 292 g/mol. The molecule has 1 N–H and O–H groups in total. The number of carbonyl (C=O) groups excluding carboxylic acids is 1. The lowest BCUT2D eigenvalue weighted by Gasteiger charge is -2.22. The highest BCUT2D eigenvalue weighted by Crippen LogP contribution is 2.37. The molecule has 6 heteroatoms. The van der Waals surface area contributed by atoms with Crippen molar-refractivity contribution in [1.82, 2.24) is 10.5 Å². The fourth-order valence-electron chi connectivity index (χ4n) is 2.79. The van der Waals surface area contributed by atoms with Gasteiger partial charge in [0.25, 0.3) is 5.91 Å². The Hall–Kier alpha value is -1.50. The quantitative estimate of drug-likeness (QED) is 0.852. The Balaban J connectivity index is 1.49. The van der Waals surface area contributed by atoms with E-state index in [1.807, 2.05) is 19.1 Å². The highest BCUT2D eigenvalue weighted by molar-refractivity contribution is 5.80. The zero-order valence-corrected chi connectivity index (χ0v) is 12.1. The molecule has 1 amide bonds. The van der Waals surface area contributed by atoms with Gasteiger partial charge < -0.3 is 9.47 Å². The number of hydrogen-bond donors (Lipinski definition) is 1. The van der Waals surface area contributed by atoms with E-state index in [0.29, 0.717) is 19.6 Å². The smallest absolute Gasteiger partial charge is 0.272 e. The molecule has 0 aromatic carbocycles. The minimum absolute atomic E-state index is 0.223. The van der Waals surface area contributed by atoms with E-state index in [4.69, 9.17) is 14.3 Å². The molecule has 0 bridgehead atoms. The number of amides is 1. The second kappa shape index (κ2) is 6.09. The second-order valence-corrected chi connectivity index (χ2v) is 5.64. The van der Waals surface area contributed by atoms with Gasteiger partial charge in [-0.1, -0.05) is 0 Å². The van der Waals surface area contributed by atoms with Crippen LogP contribution < -0.4 is 5.48 Å². The first-order valence-corrected chi connectivity index (χ1v) is 7.30. The molecule has 0 saturated carbocycles. The van der Waals surface area contributed by atoms with Crippen LogP contribution in [0, 0.1) is 0 Å². The number of aromatic nitrogens is 1. The van der Waals surface area contributed by atoms with E-state index in [-0.39, 0.29) is 17.6 Å². The first-order chi connectivity index (χ1) is 10.2. The van der Waals surface area contributed by atoms with Crippen LogP contribution in [0.4, 0.5) is 0 Å². The summed E-state index contributed by atoms with van der Waals surface area (Å²) in [6.07, 6.45) is 5.15. The molecular weight excluding hydrogens is 272 g/mol. The number of ether oxygens (including phenoxy) is 2. The molecule has 3 heterocycles. The predicted molar refractivity (Wildman–Crippen MR) is 74.2 cm³/mol. The molecule has 21 heavy (non-hydrogen) atoms. The Bertz CT molecular complexity index is 488. The molecule has 3 rings (SSSR count). The summed E-state index contributed by atoms with van der Waals surface area (Å²) in [5, 5.41) is 0. The zero-order valence-electron chi connectivity index (χ0n) is 12.1. The molecule has 2 unspecified atom stereocenters. The molecule has 1 aromatic heterocycles. The zero-order chi connectivity index (χ0) is 14.7. The molecule has 6 nitrogen and oxygen atoms in total. The van der Waals surface area contributed by atoms with Gasteiger partial charge in [-0.25, -0.2) is 5.48 Å². The highest BCUT2D eigenvalue weighted by Gasteiger charge is 2.45. The van der Waals surface area contributed by atoms with Gasteiger partial charge in [-0.05, 0) is 37.5 Å². The summed E-state index contributed by atoms with van der Waals surface area (Å²) in [6.45, 7) is 3.17. The third-order valence-electron chi connectivity index (χ3n) is 4.13. The SMILES string of the molecule is C[C@H](ONC(=O)C1CCC2(CCOC2)O1)c1ccncc1. The van der Waals surface area contributed by atoms with Gasteiger partial charge in [0.1, 0.15) is 12.2 Å². The van der Waals surface area contributed by atoms with Crippen LogP contribution in [0.3, 0.4) is 0 Å². The van der Waals surface area contributed by atoms with Crippen LogP contribution >= 0.6 is 0 Å². The van der Waals surface area contributed by atoms with Gasteiger partial charge in [-0.2, -0.15) is 0 Å². The standard InChI is InChI=1S/C15H20N2O4/c1-11(12-3-7-16-8-4-12)21-17-14(18)13-2-5-15(20-13)6-9-19-10-15/h3-4,7-8,11,13H,2,5-6,9-10H2,1H3,(H,17,18)/t11-,13?,15?/m0/s1. The number of nitrogens with one attached hydrogen (secondary N) is 1. The lowest BCUT2D eigenvalue weighted by molar-refractivity contribution is -0.153. The first kappa shape index (κ1) is 14.4. The van der Waals surface area contributed by atoms with Crippen molar-refractivity contribution in [1.29, 1.82) is 0 Å². The third-order valence-corrected chi connectivity index (χ3v) is 4.13. The molecule has 3 atom stereocenters. The van der Waals surface area contributed by atoms with E-state index >= 15 is 0 Å². The summed E-state index contributed by atoms with van der Waals surface area (Å²) in [7, 11) is 0. The Morgan fingerprint density at radius 2 is 2.29 bits per heavy atom. The molecule has 0 radical (unpaired) electrons. The normalized spacial score (nSPS) is 29.7. The minimum atomic E-state index is -0.448. The Morgan fingerprint density at radius 1 is 1.48 bits per heavy atom. The molecule has 114 valence electrons. The summed E-state index contributed by atoms with van der Waals surface area (Å²) in [6, 6.07) is 3.71. The van der Waals surface area contributed by atoms with Gasteiger partial charge >= 0.3 is 0 Å². The van der Waals surface area contributed by atoms with Crippen molar-refractivity contribution < 1.29 is 19.1 Å². The van der Waals surface area contributed by atoms with Crippen molar-refractivity contribution in [3.8, 4) is 0 Å². The van der Waals surface area contributed by atoms with Crippen LogP contribution in [0.2, 0.25) is 0 Å². The Morgan fingerprint density at radius 3 is 3.00 bits per heavy atom. The summed E-state index contributed by atoms with van der Waals surface area (Å²) in [4.78, 5) is 21.5. The Labute approximate surface area is 123 Å². The molecule has 2 saturated heterocycles. The fourth-order valence-corrected chi connectivity index (χ4v) is 2.79. The summed E-state index contributed by atoms with van der Waals surface area (Å²) < 4.78 is 11.3. The maximum Gasteiger partial charge on any atom is 0.272 e. The van der Waals surface area contributed by atoms with Crippen LogP contribution in [0.1, 0.15) is 37.9 Å². The van der Waals surface area contributed by atoms with Gasteiger partial charge in [-0.3, -0.25) is 14.6 Å². The van der Waals surface area contributed by atoms with Crippen LogP contribution in [0.15, 0.2) is 24.5 Å². The largest absolute Gasteiger partial charge is 0.378 e. The molecule has 1 aromatic rings. The Kier molecular flexibility index (Phi) is 4.19. The maximum atomic E-state index is 12.1. The van der Waals surface area contributed by atoms with Gasteiger partial charge in [0, 0.05) is 25.4 Å². The molecule has 2 aliphatic heterocycles.